The molecule has 1 aliphatic rings. The van der Waals surface area contributed by atoms with Crippen LogP contribution in [0.1, 0.15) is 18.9 Å². The van der Waals surface area contributed by atoms with Crippen molar-refractivity contribution in [3.05, 3.63) is 29.8 Å². The van der Waals surface area contributed by atoms with Crippen LogP contribution >= 0.6 is 0 Å². The van der Waals surface area contributed by atoms with E-state index in [1.807, 2.05) is 6.92 Å². The molecule has 0 saturated carbocycles. The number of benzene rings is 1. The van der Waals surface area contributed by atoms with Gasteiger partial charge >= 0.3 is 5.97 Å². The summed E-state index contributed by atoms with van der Waals surface area (Å²) in [6.07, 6.45) is 0.00532. The van der Waals surface area contributed by atoms with Crippen LogP contribution < -0.4 is 0 Å². The number of esters is 1. The Hall–Kier alpha value is -1.44. The molecule has 21 heavy (non-hydrogen) atoms. The van der Waals surface area contributed by atoms with Crippen molar-refractivity contribution in [3.8, 4) is 0 Å². The van der Waals surface area contributed by atoms with E-state index in [1.165, 1.54) is 19.2 Å². The van der Waals surface area contributed by atoms with E-state index in [1.54, 1.807) is 12.1 Å². The van der Waals surface area contributed by atoms with Crippen LogP contribution in [0.25, 0.3) is 0 Å². The third-order valence-corrected chi connectivity index (χ3v) is 5.53. The first-order valence-electron chi connectivity index (χ1n) is 6.76. The molecule has 2 atom stereocenters. The van der Waals surface area contributed by atoms with Gasteiger partial charge in [-0.3, -0.25) is 4.79 Å². The first-order chi connectivity index (χ1) is 9.90. The molecule has 1 saturated heterocycles. The quantitative estimate of drug-likeness (QED) is 0.821. The van der Waals surface area contributed by atoms with Crippen molar-refractivity contribution in [2.75, 3.05) is 13.7 Å². The van der Waals surface area contributed by atoms with Crippen molar-refractivity contribution < 1.29 is 23.1 Å². The average Bonchev–Trinajstić information content (AvgIpc) is 2.89. The summed E-state index contributed by atoms with van der Waals surface area (Å²) in [6, 6.07) is 5.56. The van der Waals surface area contributed by atoms with E-state index >= 15 is 0 Å². The van der Waals surface area contributed by atoms with Gasteiger partial charge in [0.1, 0.15) is 6.04 Å². The predicted octanol–water partition coefficient (Wildman–Crippen LogP) is 0.546. The molecule has 1 heterocycles. The molecule has 1 aromatic carbocycles. The number of aryl methyl sites for hydroxylation is 1. The van der Waals surface area contributed by atoms with Gasteiger partial charge in [0.05, 0.1) is 18.1 Å². The van der Waals surface area contributed by atoms with Gasteiger partial charge in [0.15, 0.2) is 0 Å². The molecule has 1 aliphatic heterocycles. The highest BCUT2D eigenvalue weighted by atomic mass is 32.2. The number of aliphatic hydroxyl groups excluding tert-OH is 1. The second-order valence-electron chi connectivity index (χ2n) is 5.00. The van der Waals surface area contributed by atoms with Crippen LogP contribution in [0.2, 0.25) is 0 Å². The Morgan fingerprint density at radius 3 is 2.52 bits per heavy atom. The van der Waals surface area contributed by atoms with E-state index in [0.29, 0.717) is 0 Å². The highest BCUT2D eigenvalue weighted by Gasteiger charge is 2.44. The lowest BCUT2D eigenvalue weighted by Gasteiger charge is -2.21. The zero-order chi connectivity index (χ0) is 15.6. The summed E-state index contributed by atoms with van der Waals surface area (Å²) in [5.41, 5.74) is 1.03. The van der Waals surface area contributed by atoms with Crippen molar-refractivity contribution in [1.82, 2.24) is 4.31 Å². The Bertz CT molecular complexity index is 611. The lowest BCUT2D eigenvalue weighted by atomic mass is 10.2. The molecular weight excluding hydrogens is 294 g/mol. The van der Waals surface area contributed by atoms with E-state index in [9.17, 15) is 18.3 Å². The third-order valence-electron chi connectivity index (χ3n) is 3.65. The van der Waals surface area contributed by atoms with E-state index < -0.39 is 28.1 Å². The molecule has 0 aliphatic carbocycles. The summed E-state index contributed by atoms with van der Waals surface area (Å²) in [5.74, 6) is -0.652. The zero-order valence-electron chi connectivity index (χ0n) is 12.0. The Labute approximate surface area is 124 Å². The van der Waals surface area contributed by atoms with Gasteiger partial charge in [-0.05, 0) is 24.1 Å². The second-order valence-corrected chi connectivity index (χ2v) is 6.89. The van der Waals surface area contributed by atoms with Crippen molar-refractivity contribution >= 4 is 16.0 Å². The van der Waals surface area contributed by atoms with E-state index in [4.69, 9.17) is 0 Å². The molecule has 0 radical (unpaired) electrons. The molecule has 0 amide bonds. The van der Waals surface area contributed by atoms with E-state index in [2.05, 4.69) is 4.74 Å². The molecule has 0 spiro atoms. The minimum absolute atomic E-state index is 0.0545. The fraction of sp³-hybridized carbons (Fsp3) is 0.500. The standard InChI is InChI=1S/C14H19NO5S/c1-3-10-4-6-12(7-5-10)21(18,19)15-9-11(16)8-13(15)14(17)20-2/h4-7,11,13,16H,3,8-9H2,1-2H3. The van der Waals surface area contributed by atoms with Gasteiger partial charge in [-0.1, -0.05) is 19.1 Å². The van der Waals surface area contributed by atoms with Crippen LogP contribution in [0.3, 0.4) is 0 Å². The zero-order valence-corrected chi connectivity index (χ0v) is 12.8. The van der Waals surface area contributed by atoms with Crippen LogP contribution in [-0.2, 0) is 26.0 Å². The van der Waals surface area contributed by atoms with Crippen molar-refractivity contribution in [3.63, 3.8) is 0 Å². The Balaban J connectivity index is 2.34. The largest absolute Gasteiger partial charge is 0.468 e. The van der Waals surface area contributed by atoms with Gasteiger partial charge in [0.25, 0.3) is 0 Å². The number of hydrogen-bond acceptors (Lipinski definition) is 5. The Morgan fingerprint density at radius 1 is 1.38 bits per heavy atom. The van der Waals surface area contributed by atoms with Crippen LogP contribution in [0.15, 0.2) is 29.2 Å². The molecule has 1 aromatic rings. The summed E-state index contributed by atoms with van der Waals surface area (Å²) < 4.78 is 30.9. The molecule has 2 rings (SSSR count). The molecule has 2 unspecified atom stereocenters. The first-order valence-corrected chi connectivity index (χ1v) is 8.20. The first kappa shape index (κ1) is 15.9. The summed E-state index contributed by atoms with van der Waals surface area (Å²) in [6.45, 7) is 1.88. The van der Waals surface area contributed by atoms with Gasteiger partial charge in [-0.15, -0.1) is 0 Å². The molecular formula is C14H19NO5S. The molecule has 116 valence electrons. The van der Waals surface area contributed by atoms with E-state index in [0.717, 1.165) is 16.3 Å². The maximum absolute atomic E-state index is 12.6. The molecule has 1 fully saturated rings. The number of β-amino-alcohol motifs (C(OH)–C–C–N with tert-alkyl or cyclic N) is 1. The number of rotatable bonds is 4. The molecule has 6 nitrogen and oxygen atoms in total. The normalized spacial score (nSPS) is 23.2. The van der Waals surface area contributed by atoms with Crippen molar-refractivity contribution in [1.29, 1.82) is 0 Å². The summed E-state index contributed by atoms with van der Waals surface area (Å²) >= 11 is 0. The van der Waals surface area contributed by atoms with Crippen LogP contribution in [0.4, 0.5) is 0 Å². The molecule has 0 aromatic heterocycles. The van der Waals surface area contributed by atoms with Gasteiger partial charge in [-0.2, -0.15) is 4.31 Å². The number of sulfonamides is 1. The fourth-order valence-electron chi connectivity index (χ4n) is 2.43. The molecule has 0 bridgehead atoms. The van der Waals surface area contributed by atoms with Gasteiger partial charge in [0, 0.05) is 13.0 Å². The SMILES string of the molecule is CCc1ccc(S(=O)(=O)N2CC(O)CC2C(=O)OC)cc1. The lowest BCUT2D eigenvalue weighted by Crippen LogP contribution is -2.41. The Kier molecular flexibility index (Phi) is 4.65. The van der Waals surface area contributed by atoms with Gasteiger partial charge < -0.3 is 9.84 Å². The number of aliphatic hydroxyl groups is 1. The monoisotopic (exact) mass is 313 g/mol. The minimum atomic E-state index is -3.83. The minimum Gasteiger partial charge on any atom is -0.468 e. The summed E-state index contributed by atoms with van der Waals surface area (Å²) in [4.78, 5) is 11.8. The number of nitrogens with zero attached hydrogens (tertiary/aromatic N) is 1. The topological polar surface area (TPSA) is 83.9 Å². The van der Waals surface area contributed by atoms with Crippen molar-refractivity contribution in [2.24, 2.45) is 0 Å². The number of carbonyl (C=O) groups excluding carboxylic acids is 1. The smallest absolute Gasteiger partial charge is 0.324 e. The lowest BCUT2D eigenvalue weighted by molar-refractivity contribution is -0.144. The highest BCUT2D eigenvalue weighted by Crippen LogP contribution is 2.27. The maximum atomic E-state index is 12.6. The number of ether oxygens (including phenoxy) is 1. The Morgan fingerprint density at radius 2 is 2.00 bits per heavy atom. The van der Waals surface area contributed by atoms with Crippen LogP contribution in [0, 0.1) is 0 Å². The maximum Gasteiger partial charge on any atom is 0.324 e. The predicted molar refractivity (Wildman–Crippen MR) is 76.1 cm³/mol. The molecule has 7 heteroatoms. The van der Waals surface area contributed by atoms with Gasteiger partial charge in [-0.25, -0.2) is 8.42 Å². The summed E-state index contributed by atoms with van der Waals surface area (Å²) in [5, 5.41) is 9.69. The third kappa shape index (κ3) is 3.09. The second kappa shape index (κ2) is 6.13. The number of carbonyl (C=O) groups is 1. The number of hydrogen-bond donors (Lipinski definition) is 1. The van der Waals surface area contributed by atoms with Gasteiger partial charge in [0.2, 0.25) is 10.0 Å². The summed E-state index contributed by atoms with van der Waals surface area (Å²) in [7, 11) is -2.63. The number of methoxy groups -OCH3 is 1. The fourth-order valence-corrected chi connectivity index (χ4v) is 4.06. The average molecular weight is 313 g/mol. The van der Waals surface area contributed by atoms with Crippen LogP contribution in [0.5, 0.6) is 0 Å². The van der Waals surface area contributed by atoms with E-state index in [-0.39, 0.29) is 17.9 Å². The molecule has 1 N–H and O–H groups in total. The highest BCUT2D eigenvalue weighted by molar-refractivity contribution is 7.89. The van der Waals surface area contributed by atoms with Crippen molar-refractivity contribution in [2.45, 2.75) is 36.8 Å². The van der Waals surface area contributed by atoms with Crippen LogP contribution in [-0.4, -0.2) is 49.6 Å².